The van der Waals surface area contributed by atoms with Crippen LogP contribution in [0, 0.1) is 0 Å². The molecule has 1 aromatic carbocycles. The normalized spacial score (nSPS) is 14.4. The Morgan fingerprint density at radius 2 is 2.05 bits per heavy atom. The van der Waals surface area contributed by atoms with Crippen molar-refractivity contribution in [2.24, 2.45) is 0 Å². The molecule has 5 nitrogen and oxygen atoms in total. The Bertz CT molecular complexity index is 694. The second-order valence-electron chi connectivity index (χ2n) is 4.89. The fourth-order valence-corrected chi connectivity index (χ4v) is 2.96. The third kappa shape index (κ3) is 3.50. The Hall–Kier alpha value is -1.40. The molecule has 0 saturated carbocycles. The van der Waals surface area contributed by atoms with Crippen molar-refractivity contribution in [2.45, 2.75) is 20.3 Å². The first kappa shape index (κ1) is 17.0. The van der Waals surface area contributed by atoms with Crippen molar-refractivity contribution in [3.8, 4) is 17.2 Å². The molecule has 0 atom stereocenters. The first-order valence-corrected chi connectivity index (χ1v) is 9.05. The number of benzene rings is 1. The number of methoxy groups -OCH3 is 1. The minimum atomic E-state index is -3.63. The van der Waals surface area contributed by atoms with Gasteiger partial charge in [-0.2, -0.15) is 8.42 Å². The lowest BCUT2D eigenvalue weighted by atomic mass is 9.96. The second-order valence-corrected chi connectivity index (χ2v) is 7.12. The van der Waals surface area contributed by atoms with Crippen LogP contribution in [0.3, 0.4) is 0 Å². The first-order valence-electron chi connectivity index (χ1n) is 6.93. The molecule has 0 saturated heterocycles. The zero-order valence-electron chi connectivity index (χ0n) is 12.8. The van der Waals surface area contributed by atoms with Gasteiger partial charge in [-0.25, -0.2) is 0 Å². The molecular weight excluding hydrogens is 328 g/mol. The van der Waals surface area contributed by atoms with Crippen molar-refractivity contribution in [3.05, 3.63) is 23.3 Å². The predicted octanol–water partition coefficient (Wildman–Crippen LogP) is 3.22. The lowest BCUT2D eigenvalue weighted by Crippen LogP contribution is -2.14. The van der Waals surface area contributed by atoms with Crippen LogP contribution in [0.15, 0.2) is 17.7 Å². The minimum absolute atomic E-state index is 0.115. The maximum atomic E-state index is 11.7. The zero-order valence-corrected chi connectivity index (χ0v) is 14.4. The van der Waals surface area contributed by atoms with Gasteiger partial charge in [0.1, 0.15) is 12.4 Å². The van der Waals surface area contributed by atoms with Crippen LogP contribution in [-0.2, 0) is 10.1 Å². The van der Waals surface area contributed by atoms with Gasteiger partial charge >= 0.3 is 10.1 Å². The first-order chi connectivity index (χ1) is 10.4. The van der Waals surface area contributed by atoms with Gasteiger partial charge in [0.15, 0.2) is 11.5 Å². The van der Waals surface area contributed by atoms with E-state index in [0.29, 0.717) is 24.0 Å². The van der Waals surface area contributed by atoms with Gasteiger partial charge in [0.05, 0.1) is 12.9 Å². The summed E-state index contributed by atoms with van der Waals surface area (Å²) in [6.45, 7) is 3.96. The van der Waals surface area contributed by atoms with Crippen molar-refractivity contribution < 1.29 is 22.1 Å². The average Bonchev–Trinajstić information content (AvgIpc) is 2.50. The lowest BCUT2D eigenvalue weighted by molar-refractivity contribution is 0.335. The van der Waals surface area contributed by atoms with Gasteiger partial charge < -0.3 is 13.7 Å². The van der Waals surface area contributed by atoms with E-state index >= 15 is 0 Å². The van der Waals surface area contributed by atoms with E-state index in [-0.39, 0.29) is 11.5 Å². The Balaban J connectivity index is 2.50. The van der Waals surface area contributed by atoms with E-state index in [1.165, 1.54) is 14.0 Å². The maximum absolute atomic E-state index is 11.7. The van der Waals surface area contributed by atoms with Crippen molar-refractivity contribution >= 4 is 27.3 Å². The van der Waals surface area contributed by atoms with Crippen molar-refractivity contribution in [1.29, 1.82) is 0 Å². The highest BCUT2D eigenvalue weighted by Gasteiger charge is 2.22. The molecule has 0 radical (unpaired) electrons. The summed E-state index contributed by atoms with van der Waals surface area (Å²) in [5.74, 6) is 1.53. The highest BCUT2D eigenvalue weighted by molar-refractivity contribution is 7.87. The molecule has 0 amide bonds. The van der Waals surface area contributed by atoms with Crippen molar-refractivity contribution in [1.82, 2.24) is 0 Å². The Kier molecular flexibility index (Phi) is 5.24. The van der Waals surface area contributed by atoms with E-state index in [9.17, 15) is 8.42 Å². The molecule has 0 bridgehead atoms. The fourth-order valence-electron chi connectivity index (χ4n) is 2.21. The number of hydrogen-bond donors (Lipinski definition) is 0. The van der Waals surface area contributed by atoms with E-state index in [1.807, 2.05) is 6.92 Å². The van der Waals surface area contributed by atoms with Gasteiger partial charge in [-0.3, -0.25) is 0 Å². The van der Waals surface area contributed by atoms with E-state index < -0.39 is 10.1 Å². The average molecular weight is 347 g/mol. The van der Waals surface area contributed by atoms with Gasteiger partial charge in [0.2, 0.25) is 0 Å². The number of allylic oxidation sites excluding steroid dienone is 1. The van der Waals surface area contributed by atoms with Crippen LogP contribution < -0.4 is 13.7 Å². The fraction of sp³-hybridized carbons (Fsp3) is 0.467. The van der Waals surface area contributed by atoms with Crippen LogP contribution in [0.1, 0.15) is 25.8 Å². The largest absolute Gasteiger partial charge is 0.493 e. The molecule has 0 N–H and O–H groups in total. The highest BCUT2D eigenvalue weighted by Crippen LogP contribution is 2.42. The molecule has 7 heteroatoms. The van der Waals surface area contributed by atoms with Crippen LogP contribution >= 0.6 is 11.6 Å². The van der Waals surface area contributed by atoms with Gasteiger partial charge in [-0.1, -0.05) is 0 Å². The van der Waals surface area contributed by atoms with Gasteiger partial charge in [0.25, 0.3) is 0 Å². The van der Waals surface area contributed by atoms with Crippen molar-refractivity contribution in [2.75, 3.05) is 25.3 Å². The maximum Gasteiger partial charge on any atom is 0.309 e. The Morgan fingerprint density at radius 1 is 1.32 bits per heavy atom. The standard InChI is InChI=1S/C15H19ClO5S/c1-4-22(17,18)21-15-7-12-10(2)11(5-6-16)9-20-13(12)8-14(15)19-3/h7-8H,4-6,9H2,1-3H3. The summed E-state index contributed by atoms with van der Waals surface area (Å²) in [5, 5.41) is 0. The number of halogens is 1. The van der Waals surface area contributed by atoms with E-state index in [2.05, 4.69) is 0 Å². The summed E-state index contributed by atoms with van der Waals surface area (Å²) in [4.78, 5) is 0. The molecular formula is C15H19ClO5S. The minimum Gasteiger partial charge on any atom is -0.493 e. The van der Waals surface area contributed by atoms with E-state index in [1.54, 1.807) is 12.1 Å². The Morgan fingerprint density at radius 3 is 2.64 bits per heavy atom. The van der Waals surface area contributed by atoms with E-state index in [4.69, 9.17) is 25.3 Å². The molecule has 2 rings (SSSR count). The lowest BCUT2D eigenvalue weighted by Gasteiger charge is -2.23. The van der Waals surface area contributed by atoms with Gasteiger partial charge in [-0.15, -0.1) is 11.6 Å². The second kappa shape index (κ2) is 6.79. The quantitative estimate of drug-likeness (QED) is 0.584. The summed E-state index contributed by atoms with van der Waals surface area (Å²) in [6.07, 6.45) is 0.725. The molecule has 0 spiro atoms. The highest BCUT2D eigenvalue weighted by atomic mass is 35.5. The molecule has 0 unspecified atom stereocenters. The summed E-state index contributed by atoms with van der Waals surface area (Å²) < 4.78 is 39.5. The van der Waals surface area contributed by atoms with Gasteiger partial charge in [-0.05, 0) is 37.5 Å². The number of hydrogen-bond acceptors (Lipinski definition) is 5. The smallest absolute Gasteiger partial charge is 0.309 e. The van der Waals surface area contributed by atoms with Gasteiger partial charge in [0, 0.05) is 17.5 Å². The molecule has 22 heavy (non-hydrogen) atoms. The molecule has 1 heterocycles. The molecule has 0 fully saturated rings. The van der Waals surface area contributed by atoms with Crippen LogP contribution in [0.25, 0.3) is 5.57 Å². The molecule has 0 aromatic heterocycles. The van der Waals surface area contributed by atoms with Crippen LogP contribution in [0.2, 0.25) is 0 Å². The number of rotatable bonds is 6. The summed E-state index contributed by atoms with van der Waals surface area (Å²) in [7, 11) is -2.17. The molecule has 1 aromatic rings. The molecule has 122 valence electrons. The molecule has 1 aliphatic heterocycles. The predicted molar refractivity (Wildman–Crippen MR) is 86.5 cm³/mol. The van der Waals surface area contributed by atoms with E-state index in [0.717, 1.165) is 23.1 Å². The van der Waals surface area contributed by atoms with Crippen LogP contribution in [0.4, 0.5) is 0 Å². The monoisotopic (exact) mass is 346 g/mol. The zero-order chi connectivity index (χ0) is 16.3. The SMILES string of the molecule is CCS(=O)(=O)Oc1cc2c(cc1OC)OCC(CCCl)=C2C. The van der Waals surface area contributed by atoms with Crippen LogP contribution in [0.5, 0.6) is 17.2 Å². The molecule has 0 aliphatic carbocycles. The third-order valence-corrected chi connectivity index (χ3v) is 4.90. The summed E-state index contributed by atoms with van der Waals surface area (Å²) >= 11 is 5.80. The summed E-state index contributed by atoms with van der Waals surface area (Å²) in [6, 6.07) is 3.29. The number of fused-ring (bicyclic) bond motifs is 1. The topological polar surface area (TPSA) is 61.8 Å². The number of alkyl halides is 1. The Labute approximate surface area is 135 Å². The van der Waals surface area contributed by atoms with Crippen LogP contribution in [-0.4, -0.2) is 33.8 Å². The third-order valence-electron chi connectivity index (χ3n) is 3.57. The van der Waals surface area contributed by atoms with Crippen molar-refractivity contribution in [3.63, 3.8) is 0 Å². The molecule has 1 aliphatic rings. The summed E-state index contributed by atoms with van der Waals surface area (Å²) in [5.41, 5.74) is 2.92. The number of ether oxygens (including phenoxy) is 2.